The van der Waals surface area contributed by atoms with E-state index in [0.29, 0.717) is 29.5 Å². The summed E-state index contributed by atoms with van der Waals surface area (Å²) >= 11 is 0. The highest BCUT2D eigenvalue weighted by atomic mass is 32.2. The van der Waals surface area contributed by atoms with Crippen molar-refractivity contribution in [3.63, 3.8) is 0 Å². The van der Waals surface area contributed by atoms with E-state index in [-0.39, 0.29) is 22.8 Å². The number of halogens is 3. The lowest BCUT2D eigenvalue weighted by atomic mass is 10.2. The number of nitrogens with zero attached hydrogens (tertiary/aromatic N) is 2. The van der Waals surface area contributed by atoms with Crippen LogP contribution in [-0.4, -0.2) is 32.4 Å². The monoisotopic (exact) mass is 456 g/mol. The highest BCUT2D eigenvalue weighted by Crippen LogP contribution is 2.32. The predicted octanol–water partition coefficient (Wildman–Crippen LogP) is 2.97. The molecule has 12 heteroatoms. The summed E-state index contributed by atoms with van der Waals surface area (Å²) in [6.07, 6.45) is -3.36. The van der Waals surface area contributed by atoms with Crippen LogP contribution >= 0.6 is 0 Å². The number of sulfonamides is 1. The average Bonchev–Trinajstić information content (AvgIpc) is 3.22. The van der Waals surface area contributed by atoms with Gasteiger partial charge in [0.15, 0.2) is 0 Å². The maximum Gasteiger partial charge on any atom is 0.419 e. The number of para-hydroxylation sites is 1. The summed E-state index contributed by atoms with van der Waals surface area (Å²) in [6.45, 7) is -0.142. The van der Waals surface area contributed by atoms with E-state index >= 15 is 0 Å². The van der Waals surface area contributed by atoms with E-state index in [4.69, 9.17) is 15.2 Å². The van der Waals surface area contributed by atoms with Gasteiger partial charge in [-0.15, -0.1) is 0 Å². The smallest absolute Gasteiger partial charge is 0.419 e. The van der Waals surface area contributed by atoms with Gasteiger partial charge in [-0.2, -0.15) is 18.3 Å². The second kappa shape index (κ2) is 8.47. The van der Waals surface area contributed by atoms with Gasteiger partial charge in [0.05, 0.1) is 31.7 Å². The molecule has 1 aromatic heterocycles. The summed E-state index contributed by atoms with van der Waals surface area (Å²) in [5.41, 5.74) is 5.13. The van der Waals surface area contributed by atoms with Crippen molar-refractivity contribution in [1.29, 1.82) is 0 Å². The van der Waals surface area contributed by atoms with Crippen LogP contribution in [0, 0.1) is 0 Å². The molecule has 3 rings (SSSR count). The standard InChI is InChI=1S/C19H19F3N4O4S/c1-29-14-7-6-12(16(8-14)30-2)9-25-31(27,28)17-5-3-4-15(23)18(17)26-11-13(10-24-26)19(20,21)22/h3-8,10-11,25H,9,23H2,1-2H3. The van der Waals surface area contributed by atoms with Gasteiger partial charge in [-0.1, -0.05) is 12.1 Å². The Morgan fingerprint density at radius 3 is 2.52 bits per heavy atom. The number of nitrogens with two attached hydrogens (primary N) is 1. The van der Waals surface area contributed by atoms with Crippen LogP contribution < -0.4 is 19.9 Å². The quantitative estimate of drug-likeness (QED) is 0.529. The van der Waals surface area contributed by atoms with E-state index in [9.17, 15) is 21.6 Å². The lowest BCUT2D eigenvalue weighted by Crippen LogP contribution is -2.25. The molecule has 0 unspecified atom stereocenters. The van der Waals surface area contributed by atoms with Gasteiger partial charge in [-0.05, 0) is 18.2 Å². The van der Waals surface area contributed by atoms with Crippen LogP contribution in [0.3, 0.4) is 0 Å². The minimum Gasteiger partial charge on any atom is -0.497 e. The lowest BCUT2D eigenvalue weighted by Gasteiger charge is -2.15. The van der Waals surface area contributed by atoms with Crippen molar-refractivity contribution < 1.29 is 31.1 Å². The lowest BCUT2D eigenvalue weighted by molar-refractivity contribution is -0.137. The van der Waals surface area contributed by atoms with Gasteiger partial charge in [-0.3, -0.25) is 0 Å². The molecule has 0 amide bonds. The number of methoxy groups -OCH3 is 2. The third kappa shape index (κ3) is 4.75. The van der Waals surface area contributed by atoms with Crippen LogP contribution in [0.1, 0.15) is 11.1 Å². The minimum absolute atomic E-state index is 0.0540. The van der Waals surface area contributed by atoms with E-state index in [1.54, 1.807) is 18.2 Å². The number of nitrogen functional groups attached to an aromatic ring is 1. The highest BCUT2D eigenvalue weighted by Gasteiger charge is 2.33. The van der Waals surface area contributed by atoms with Gasteiger partial charge in [0, 0.05) is 24.4 Å². The van der Waals surface area contributed by atoms with Gasteiger partial charge in [-0.25, -0.2) is 17.8 Å². The van der Waals surface area contributed by atoms with Crippen molar-refractivity contribution >= 4 is 15.7 Å². The summed E-state index contributed by atoms with van der Waals surface area (Å²) in [6, 6.07) is 8.85. The SMILES string of the molecule is COc1ccc(CNS(=O)(=O)c2cccc(N)c2-n2cc(C(F)(F)F)cn2)c(OC)c1. The summed E-state index contributed by atoms with van der Waals surface area (Å²) in [5.74, 6) is 0.928. The van der Waals surface area contributed by atoms with E-state index in [2.05, 4.69) is 9.82 Å². The normalized spacial score (nSPS) is 12.0. The Bertz CT molecular complexity index is 1190. The number of hydrogen-bond acceptors (Lipinski definition) is 6. The van der Waals surface area contributed by atoms with E-state index in [0.717, 1.165) is 4.68 Å². The molecular formula is C19H19F3N4O4S. The van der Waals surface area contributed by atoms with E-state index in [1.807, 2.05) is 0 Å². The predicted molar refractivity (Wildman–Crippen MR) is 107 cm³/mol. The van der Waals surface area contributed by atoms with Crippen LogP contribution in [-0.2, 0) is 22.7 Å². The van der Waals surface area contributed by atoms with Crippen molar-refractivity contribution in [3.05, 3.63) is 59.9 Å². The first kappa shape index (κ1) is 22.4. The molecule has 3 N–H and O–H groups in total. The summed E-state index contributed by atoms with van der Waals surface area (Å²) in [7, 11) is -1.27. The largest absolute Gasteiger partial charge is 0.497 e. The van der Waals surface area contributed by atoms with Crippen LogP contribution in [0.4, 0.5) is 18.9 Å². The van der Waals surface area contributed by atoms with Crippen molar-refractivity contribution in [1.82, 2.24) is 14.5 Å². The number of nitrogens with one attached hydrogen (secondary N) is 1. The molecule has 0 saturated carbocycles. The molecule has 0 aliphatic heterocycles. The van der Waals surface area contributed by atoms with Crippen molar-refractivity contribution in [3.8, 4) is 17.2 Å². The molecule has 3 aromatic rings. The molecule has 8 nitrogen and oxygen atoms in total. The minimum atomic E-state index is -4.63. The van der Waals surface area contributed by atoms with Gasteiger partial charge in [0.1, 0.15) is 22.1 Å². The zero-order valence-electron chi connectivity index (χ0n) is 16.5. The molecule has 0 radical (unpaired) electrons. The molecule has 0 fully saturated rings. The van der Waals surface area contributed by atoms with Gasteiger partial charge in [0.25, 0.3) is 0 Å². The maximum atomic E-state index is 13.0. The second-order valence-corrected chi connectivity index (χ2v) is 8.10. The van der Waals surface area contributed by atoms with Crippen LogP contribution in [0.25, 0.3) is 5.69 Å². The number of aromatic nitrogens is 2. The molecule has 0 aliphatic carbocycles. The molecule has 0 aliphatic rings. The molecular weight excluding hydrogens is 437 g/mol. The van der Waals surface area contributed by atoms with Gasteiger partial charge < -0.3 is 15.2 Å². The summed E-state index contributed by atoms with van der Waals surface area (Å²) in [5, 5.41) is 3.64. The molecule has 0 saturated heterocycles. The summed E-state index contributed by atoms with van der Waals surface area (Å²) in [4.78, 5) is -0.322. The maximum absolute atomic E-state index is 13.0. The fourth-order valence-corrected chi connectivity index (χ4v) is 4.07. The Kier molecular flexibility index (Phi) is 6.13. The molecule has 166 valence electrons. The molecule has 1 heterocycles. The third-order valence-electron chi connectivity index (χ3n) is 4.41. The Balaban J connectivity index is 1.96. The number of alkyl halides is 3. The number of benzene rings is 2. The summed E-state index contributed by atoms with van der Waals surface area (Å²) < 4.78 is 78.4. The van der Waals surface area contributed by atoms with Crippen molar-refractivity contribution in [2.75, 3.05) is 20.0 Å². The van der Waals surface area contributed by atoms with Crippen molar-refractivity contribution in [2.45, 2.75) is 17.6 Å². The van der Waals surface area contributed by atoms with Crippen LogP contribution in [0.5, 0.6) is 11.5 Å². The number of hydrogen-bond donors (Lipinski definition) is 2. The first-order chi connectivity index (χ1) is 14.6. The van der Waals surface area contributed by atoms with Gasteiger partial charge >= 0.3 is 6.18 Å². The second-order valence-electron chi connectivity index (χ2n) is 6.37. The van der Waals surface area contributed by atoms with Crippen LogP contribution in [0.2, 0.25) is 0 Å². The Morgan fingerprint density at radius 1 is 1.16 bits per heavy atom. The fraction of sp³-hybridized carbons (Fsp3) is 0.211. The highest BCUT2D eigenvalue weighted by molar-refractivity contribution is 7.89. The first-order valence-corrected chi connectivity index (χ1v) is 10.3. The number of anilines is 1. The van der Waals surface area contributed by atoms with E-state index in [1.165, 1.54) is 32.4 Å². The molecule has 0 bridgehead atoms. The van der Waals surface area contributed by atoms with Gasteiger partial charge in [0.2, 0.25) is 10.0 Å². The fourth-order valence-electron chi connectivity index (χ4n) is 2.84. The molecule has 31 heavy (non-hydrogen) atoms. The molecule has 0 atom stereocenters. The number of ether oxygens (including phenoxy) is 2. The Hall–Kier alpha value is -3.25. The van der Waals surface area contributed by atoms with Crippen LogP contribution in [0.15, 0.2) is 53.7 Å². The Labute approximate surface area is 176 Å². The van der Waals surface area contributed by atoms with E-state index < -0.39 is 21.8 Å². The first-order valence-electron chi connectivity index (χ1n) is 8.78. The number of rotatable bonds is 7. The topological polar surface area (TPSA) is 108 Å². The van der Waals surface area contributed by atoms with Crippen molar-refractivity contribution in [2.24, 2.45) is 0 Å². The average molecular weight is 456 g/mol. The Morgan fingerprint density at radius 2 is 1.90 bits per heavy atom. The molecule has 2 aromatic carbocycles. The third-order valence-corrected chi connectivity index (χ3v) is 5.84. The zero-order chi connectivity index (χ0) is 22.8. The molecule has 0 spiro atoms. The zero-order valence-corrected chi connectivity index (χ0v) is 17.3.